The normalized spacial score (nSPS) is 10.1. The monoisotopic (exact) mass is 278 g/mol. The first-order valence-electron chi connectivity index (χ1n) is 6.12. The number of nitriles is 1. The highest BCUT2D eigenvalue weighted by Crippen LogP contribution is 2.22. The van der Waals surface area contributed by atoms with E-state index in [1.165, 1.54) is 12.4 Å². The van der Waals surface area contributed by atoms with Crippen LogP contribution in [0.4, 0.5) is 11.7 Å². The molecule has 21 heavy (non-hydrogen) atoms. The fourth-order valence-corrected chi connectivity index (χ4v) is 1.64. The molecular weight excluding hydrogens is 268 g/mol. The molecule has 0 bridgehead atoms. The molecule has 0 radical (unpaired) electrons. The van der Waals surface area contributed by atoms with Gasteiger partial charge in [0.05, 0.1) is 24.3 Å². The standard InChI is InChI=1S/C14H10N6O/c1-9-2-3-11(16-5-9)12-8-19-14(21-12)20-10-6-17-13(4-15)18-7-10/h2-3,5-8H,1H3,(H,19,20). The number of anilines is 2. The van der Waals surface area contributed by atoms with Gasteiger partial charge >= 0.3 is 0 Å². The van der Waals surface area contributed by atoms with Crippen LogP contribution in [0.25, 0.3) is 11.5 Å². The van der Waals surface area contributed by atoms with Gasteiger partial charge in [-0.1, -0.05) is 6.07 Å². The van der Waals surface area contributed by atoms with Gasteiger partial charge in [0.15, 0.2) is 5.76 Å². The van der Waals surface area contributed by atoms with Crippen LogP contribution < -0.4 is 5.32 Å². The lowest BCUT2D eigenvalue weighted by molar-refractivity contribution is 0.589. The minimum absolute atomic E-state index is 0.109. The number of rotatable bonds is 3. The minimum atomic E-state index is 0.109. The summed E-state index contributed by atoms with van der Waals surface area (Å²) in [5, 5.41) is 11.6. The van der Waals surface area contributed by atoms with Crippen molar-refractivity contribution in [3.63, 3.8) is 0 Å². The number of nitrogens with one attached hydrogen (secondary N) is 1. The lowest BCUT2D eigenvalue weighted by Gasteiger charge is -2.00. The molecular formula is C14H10N6O. The highest BCUT2D eigenvalue weighted by atomic mass is 16.4. The van der Waals surface area contributed by atoms with Crippen LogP contribution in [0.2, 0.25) is 0 Å². The number of nitrogens with zero attached hydrogens (tertiary/aromatic N) is 5. The maximum atomic E-state index is 8.63. The molecule has 0 aliphatic carbocycles. The minimum Gasteiger partial charge on any atom is -0.422 e. The molecule has 0 unspecified atom stereocenters. The lowest BCUT2D eigenvalue weighted by Crippen LogP contribution is -1.94. The molecule has 3 heterocycles. The average molecular weight is 278 g/mol. The van der Waals surface area contributed by atoms with E-state index in [0.29, 0.717) is 23.2 Å². The second-order valence-corrected chi connectivity index (χ2v) is 4.28. The number of oxazole rings is 1. The zero-order valence-electron chi connectivity index (χ0n) is 11.1. The Kier molecular flexibility index (Phi) is 3.27. The highest BCUT2D eigenvalue weighted by molar-refractivity contribution is 5.55. The van der Waals surface area contributed by atoms with Gasteiger partial charge in [0.2, 0.25) is 5.82 Å². The number of pyridine rings is 1. The summed E-state index contributed by atoms with van der Waals surface area (Å²) in [7, 11) is 0. The van der Waals surface area contributed by atoms with E-state index in [1.807, 2.05) is 25.1 Å². The van der Waals surface area contributed by atoms with E-state index in [4.69, 9.17) is 9.68 Å². The summed E-state index contributed by atoms with van der Waals surface area (Å²) >= 11 is 0. The van der Waals surface area contributed by atoms with Crippen molar-refractivity contribution in [3.05, 3.63) is 48.3 Å². The number of aryl methyl sites for hydroxylation is 1. The van der Waals surface area contributed by atoms with Crippen LogP contribution >= 0.6 is 0 Å². The van der Waals surface area contributed by atoms with E-state index in [9.17, 15) is 0 Å². The fraction of sp³-hybridized carbons (Fsp3) is 0.0714. The molecule has 0 aromatic carbocycles. The van der Waals surface area contributed by atoms with Crippen molar-refractivity contribution in [2.45, 2.75) is 6.92 Å². The molecule has 1 N–H and O–H groups in total. The topological polar surface area (TPSA) is 101 Å². The maximum absolute atomic E-state index is 8.63. The van der Waals surface area contributed by atoms with Crippen molar-refractivity contribution in [3.8, 4) is 17.5 Å². The van der Waals surface area contributed by atoms with Gasteiger partial charge in [0, 0.05) is 6.20 Å². The first kappa shape index (κ1) is 12.7. The molecule has 0 aliphatic rings. The van der Waals surface area contributed by atoms with Crippen molar-refractivity contribution in [2.75, 3.05) is 5.32 Å². The first-order chi connectivity index (χ1) is 10.2. The predicted molar refractivity (Wildman–Crippen MR) is 74.5 cm³/mol. The summed E-state index contributed by atoms with van der Waals surface area (Å²) in [4.78, 5) is 16.1. The molecule has 102 valence electrons. The Bertz CT molecular complexity index is 786. The Morgan fingerprint density at radius 1 is 1.05 bits per heavy atom. The maximum Gasteiger partial charge on any atom is 0.299 e. The zero-order valence-corrected chi connectivity index (χ0v) is 11.1. The lowest BCUT2D eigenvalue weighted by atomic mass is 10.2. The number of aromatic nitrogens is 4. The Balaban J connectivity index is 1.78. The molecule has 0 fully saturated rings. The van der Waals surface area contributed by atoms with E-state index >= 15 is 0 Å². The van der Waals surface area contributed by atoms with E-state index in [2.05, 4.69) is 25.3 Å². The SMILES string of the molecule is Cc1ccc(-c2cnc(Nc3cnc(C#N)nc3)o2)nc1. The molecule has 0 aliphatic heterocycles. The molecule has 7 heteroatoms. The zero-order chi connectivity index (χ0) is 14.7. The van der Waals surface area contributed by atoms with Gasteiger partial charge in [-0.05, 0) is 18.6 Å². The first-order valence-corrected chi connectivity index (χ1v) is 6.12. The fourth-order valence-electron chi connectivity index (χ4n) is 1.64. The quantitative estimate of drug-likeness (QED) is 0.785. The third-order valence-electron chi connectivity index (χ3n) is 2.67. The second kappa shape index (κ2) is 5.38. The van der Waals surface area contributed by atoms with Crippen LogP contribution in [-0.2, 0) is 0 Å². The number of hydrogen-bond donors (Lipinski definition) is 1. The molecule has 3 aromatic rings. The van der Waals surface area contributed by atoms with Gasteiger partial charge in [0.1, 0.15) is 11.8 Å². The smallest absolute Gasteiger partial charge is 0.299 e. The molecule has 0 saturated heterocycles. The molecule has 0 spiro atoms. The van der Waals surface area contributed by atoms with Gasteiger partial charge in [0.25, 0.3) is 6.01 Å². The van der Waals surface area contributed by atoms with Gasteiger partial charge in [-0.3, -0.25) is 4.98 Å². The largest absolute Gasteiger partial charge is 0.422 e. The predicted octanol–water partition coefficient (Wildman–Crippen LogP) is 2.45. The Morgan fingerprint density at radius 3 is 2.52 bits per heavy atom. The van der Waals surface area contributed by atoms with E-state index in [-0.39, 0.29) is 5.82 Å². The summed E-state index contributed by atoms with van der Waals surface area (Å²) in [5.41, 5.74) is 2.36. The Morgan fingerprint density at radius 2 is 1.86 bits per heavy atom. The highest BCUT2D eigenvalue weighted by Gasteiger charge is 2.08. The Hall–Kier alpha value is -3.27. The molecule has 0 amide bonds. The summed E-state index contributed by atoms with van der Waals surface area (Å²) < 4.78 is 5.56. The van der Waals surface area contributed by atoms with Crippen molar-refractivity contribution >= 4 is 11.7 Å². The molecule has 7 nitrogen and oxygen atoms in total. The van der Waals surface area contributed by atoms with Gasteiger partial charge in [-0.15, -0.1) is 0 Å². The number of hydrogen-bond acceptors (Lipinski definition) is 7. The Labute approximate surface area is 120 Å². The van der Waals surface area contributed by atoms with Gasteiger partial charge in [-0.2, -0.15) is 5.26 Å². The van der Waals surface area contributed by atoms with Crippen molar-refractivity contribution in [1.29, 1.82) is 5.26 Å². The summed E-state index contributed by atoms with van der Waals surface area (Å²) in [6.45, 7) is 1.97. The van der Waals surface area contributed by atoms with Crippen LogP contribution in [0, 0.1) is 18.3 Å². The summed E-state index contributed by atoms with van der Waals surface area (Å²) in [6, 6.07) is 5.97. The van der Waals surface area contributed by atoms with Crippen LogP contribution in [0.5, 0.6) is 0 Å². The van der Waals surface area contributed by atoms with E-state index in [0.717, 1.165) is 5.56 Å². The van der Waals surface area contributed by atoms with E-state index in [1.54, 1.807) is 12.4 Å². The third kappa shape index (κ3) is 2.84. The summed E-state index contributed by atoms with van der Waals surface area (Å²) in [6.07, 6.45) is 6.32. The van der Waals surface area contributed by atoms with Crippen molar-refractivity contribution in [1.82, 2.24) is 19.9 Å². The van der Waals surface area contributed by atoms with Gasteiger partial charge in [-0.25, -0.2) is 15.0 Å². The second-order valence-electron chi connectivity index (χ2n) is 4.28. The van der Waals surface area contributed by atoms with Crippen LogP contribution in [0.15, 0.2) is 41.3 Å². The van der Waals surface area contributed by atoms with Crippen LogP contribution in [0.3, 0.4) is 0 Å². The molecule has 3 rings (SSSR count). The average Bonchev–Trinajstić information content (AvgIpc) is 2.97. The molecule has 3 aromatic heterocycles. The van der Waals surface area contributed by atoms with Crippen molar-refractivity contribution in [2.24, 2.45) is 0 Å². The van der Waals surface area contributed by atoms with Crippen LogP contribution in [-0.4, -0.2) is 19.9 Å². The molecule has 0 saturated carbocycles. The third-order valence-corrected chi connectivity index (χ3v) is 2.67. The summed E-state index contributed by atoms with van der Waals surface area (Å²) in [5.74, 6) is 0.671. The van der Waals surface area contributed by atoms with E-state index < -0.39 is 0 Å². The van der Waals surface area contributed by atoms with Crippen molar-refractivity contribution < 1.29 is 4.42 Å². The van der Waals surface area contributed by atoms with Crippen LogP contribution in [0.1, 0.15) is 11.4 Å². The molecule has 0 atom stereocenters. The van der Waals surface area contributed by atoms with Gasteiger partial charge < -0.3 is 9.73 Å².